The number of phenols is 1. The van der Waals surface area contributed by atoms with Gasteiger partial charge in [0.25, 0.3) is 5.91 Å². The number of hydrogen-bond donors (Lipinski definition) is 3. The predicted molar refractivity (Wildman–Crippen MR) is 69.3 cm³/mol. The lowest BCUT2D eigenvalue weighted by Crippen LogP contribution is -2.33. The van der Waals surface area contributed by atoms with Crippen LogP contribution in [-0.2, 0) is 4.79 Å². The van der Waals surface area contributed by atoms with Crippen LogP contribution in [0.25, 0.3) is 0 Å². The summed E-state index contributed by atoms with van der Waals surface area (Å²) in [6.45, 7) is 0. The van der Waals surface area contributed by atoms with Gasteiger partial charge in [0, 0.05) is 11.1 Å². The lowest BCUT2D eigenvalue weighted by molar-refractivity contribution is -0.141. The Morgan fingerprint density at radius 1 is 1.32 bits per heavy atom. The number of amides is 1. The second-order valence-corrected chi connectivity index (χ2v) is 5.12. The Balaban J connectivity index is 2.02. The maximum Gasteiger partial charge on any atom is 0.306 e. The third kappa shape index (κ3) is 3.17. The molecular formula is C13H14ClNO4. The maximum atomic E-state index is 12.0. The minimum Gasteiger partial charge on any atom is -0.507 e. The molecule has 2 unspecified atom stereocenters. The molecule has 0 radical (unpaired) electrons. The molecule has 6 heteroatoms. The third-order valence-electron chi connectivity index (χ3n) is 3.32. The van der Waals surface area contributed by atoms with Gasteiger partial charge in [-0.15, -0.1) is 0 Å². The molecule has 0 aromatic heterocycles. The second kappa shape index (κ2) is 5.48. The van der Waals surface area contributed by atoms with Gasteiger partial charge in [-0.25, -0.2) is 0 Å². The lowest BCUT2D eigenvalue weighted by atomic mass is 10.1. The number of phenolic OH excluding ortho intramolecular Hbond substituents is 1. The van der Waals surface area contributed by atoms with Crippen LogP contribution in [0.2, 0.25) is 5.02 Å². The van der Waals surface area contributed by atoms with Gasteiger partial charge >= 0.3 is 5.97 Å². The summed E-state index contributed by atoms with van der Waals surface area (Å²) in [6, 6.07) is 4.05. The highest BCUT2D eigenvalue weighted by Gasteiger charge is 2.31. The van der Waals surface area contributed by atoms with Crippen LogP contribution in [-0.4, -0.2) is 28.1 Å². The van der Waals surface area contributed by atoms with E-state index in [0.717, 1.165) is 0 Å². The number of nitrogens with one attached hydrogen (secondary N) is 1. The monoisotopic (exact) mass is 283 g/mol. The highest BCUT2D eigenvalue weighted by molar-refractivity contribution is 6.31. The van der Waals surface area contributed by atoms with Crippen LogP contribution in [0.1, 0.15) is 29.6 Å². The molecule has 5 nitrogen and oxygen atoms in total. The molecule has 1 saturated carbocycles. The largest absolute Gasteiger partial charge is 0.507 e. The summed E-state index contributed by atoms with van der Waals surface area (Å²) in [4.78, 5) is 22.8. The molecule has 2 rings (SSSR count). The maximum absolute atomic E-state index is 12.0. The van der Waals surface area contributed by atoms with Crippen molar-refractivity contribution >= 4 is 23.5 Å². The first-order valence-electron chi connectivity index (χ1n) is 5.99. The first-order chi connectivity index (χ1) is 8.97. The van der Waals surface area contributed by atoms with Gasteiger partial charge in [0.2, 0.25) is 0 Å². The molecule has 1 aromatic carbocycles. The number of carbonyl (C=O) groups is 2. The van der Waals surface area contributed by atoms with Crippen molar-refractivity contribution in [2.45, 2.75) is 25.3 Å². The van der Waals surface area contributed by atoms with Crippen molar-refractivity contribution in [3.05, 3.63) is 28.8 Å². The van der Waals surface area contributed by atoms with Crippen molar-refractivity contribution in [1.29, 1.82) is 0 Å². The number of benzene rings is 1. The van der Waals surface area contributed by atoms with Crippen LogP contribution in [0, 0.1) is 5.92 Å². The van der Waals surface area contributed by atoms with Gasteiger partial charge in [-0.1, -0.05) is 11.6 Å². The SMILES string of the molecule is O=C(NC1CCC(C(=O)O)C1)c1cc(Cl)ccc1O. The standard InChI is InChI=1S/C13H14ClNO4/c14-8-2-4-11(16)10(6-8)12(17)15-9-3-1-7(5-9)13(18)19/h2,4,6-7,9,16H,1,3,5H2,(H,15,17)(H,18,19). The van der Waals surface area contributed by atoms with E-state index in [-0.39, 0.29) is 17.4 Å². The molecule has 3 N–H and O–H groups in total. The van der Waals surface area contributed by atoms with E-state index in [2.05, 4.69) is 5.32 Å². The highest BCUT2D eigenvalue weighted by atomic mass is 35.5. The number of carboxylic acid groups (broad SMARTS) is 1. The van der Waals surface area contributed by atoms with Crippen molar-refractivity contribution in [3.8, 4) is 5.75 Å². The van der Waals surface area contributed by atoms with Crippen molar-refractivity contribution < 1.29 is 19.8 Å². The molecule has 0 aliphatic heterocycles. The fourth-order valence-electron chi connectivity index (χ4n) is 2.29. The summed E-state index contributed by atoms with van der Waals surface area (Å²) in [5, 5.41) is 21.6. The first kappa shape index (κ1) is 13.7. The van der Waals surface area contributed by atoms with Gasteiger partial charge in [-0.05, 0) is 37.5 Å². The number of carboxylic acids is 1. The van der Waals surface area contributed by atoms with E-state index in [4.69, 9.17) is 16.7 Å². The van der Waals surface area contributed by atoms with Gasteiger partial charge in [-0.3, -0.25) is 9.59 Å². The van der Waals surface area contributed by atoms with E-state index in [9.17, 15) is 14.7 Å². The number of aliphatic carboxylic acids is 1. The van der Waals surface area contributed by atoms with Crippen molar-refractivity contribution in [1.82, 2.24) is 5.32 Å². The number of rotatable bonds is 3. The van der Waals surface area contributed by atoms with Crippen molar-refractivity contribution in [3.63, 3.8) is 0 Å². The van der Waals surface area contributed by atoms with E-state index in [0.29, 0.717) is 24.3 Å². The summed E-state index contributed by atoms with van der Waals surface area (Å²) >= 11 is 5.77. The van der Waals surface area contributed by atoms with Crippen molar-refractivity contribution in [2.75, 3.05) is 0 Å². The quantitative estimate of drug-likeness (QED) is 0.792. The van der Waals surface area contributed by atoms with E-state index in [1.54, 1.807) is 0 Å². The Morgan fingerprint density at radius 2 is 2.05 bits per heavy atom. The Kier molecular flexibility index (Phi) is 3.95. The number of carbonyl (C=O) groups excluding carboxylic acids is 1. The molecule has 0 bridgehead atoms. The Morgan fingerprint density at radius 3 is 2.68 bits per heavy atom. The summed E-state index contributed by atoms with van der Waals surface area (Å²) < 4.78 is 0. The minimum atomic E-state index is -0.831. The Bertz CT molecular complexity index is 517. The first-order valence-corrected chi connectivity index (χ1v) is 6.37. The average Bonchev–Trinajstić information content (AvgIpc) is 2.80. The summed E-state index contributed by atoms with van der Waals surface area (Å²) in [5.74, 6) is -1.81. The summed E-state index contributed by atoms with van der Waals surface area (Å²) in [6.07, 6.45) is 1.61. The molecule has 1 aromatic rings. The Labute approximate surface area is 115 Å². The second-order valence-electron chi connectivity index (χ2n) is 4.68. The van der Waals surface area contributed by atoms with Gasteiger partial charge in [0.15, 0.2) is 0 Å². The molecule has 1 amide bonds. The van der Waals surface area contributed by atoms with E-state index < -0.39 is 17.8 Å². The minimum absolute atomic E-state index is 0.103. The zero-order chi connectivity index (χ0) is 14.0. The van der Waals surface area contributed by atoms with Crippen LogP contribution < -0.4 is 5.32 Å². The molecule has 102 valence electrons. The molecular weight excluding hydrogens is 270 g/mol. The Hall–Kier alpha value is -1.75. The van der Waals surface area contributed by atoms with Gasteiger partial charge < -0.3 is 15.5 Å². The fraction of sp³-hybridized carbons (Fsp3) is 0.385. The molecule has 0 spiro atoms. The van der Waals surface area contributed by atoms with Crippen LogP contribution in [0.4, 0.5) is 0 Å². The van der Waals surface area contributed by atoms with Gasteiger partial charge in [0.1, 0.15) is 5.75 Å². The average molecular weight is 284 g/mol. The van der Waals surface area contributed by atoms with Crippen LogP contribution in [0.5, 0.6) is 5.75 Å². The zero-order valence-electron chi connectivity index (χ0n) is 10.1. The molecule has 0 saturated heterocycles. The summed E-state index contributed by atoms with van der Waals surface area (Å²) in [7, 11) is 0. The zero-order valence-corrected chi connectivity index (χ0v) is 10.9. The van der Waals surface area contributed by atoms with Crippen LogP contribution >= 0.6 is 11.6 Å². The molecule has 2 atom stereocenters. The van der Waals surface area contributed by atoms with Gasteiger partial charge in [-0.2, -0.15) is 0 Å². The third-order valence-corrected chi connectivity index (χ3v) is 3.56. The summed E-state index contributed by atoms with van der Waals surface area (Å²) in [5.41, 5.74) is 0.103. The number of halogens is 1. The van der Waals surface area contributed by atoms with E-state index >= 15 is 0 Å². The lowest BCUT2D eigenvalue weighted by Gasteiger charge is -2.13. The number of hydrogen-bond acceptors (Lipinski definition) is 3. The van der Waals surface area contributed by atoms with E-state index in [1.165, 1.54) is 18.2 Å². The molecule has 1 aliphatic rings. The smallest absolute Gasteiger partial charge is 0.306 e. The van der Waals surface area contributed by atoms with E-state index in [1.807, 2.05) is 0 Å². The van der Waals surface area contributed by atoms with Crippen LogP contribution in [0.15, 0.2) is 18.2 Å². The van der Waals surface area contributed by atoms with Crippen molar-refractivity contribution in [2.24, 2.45) is 5.92 Å². The fourth-order valence-corrected chi connectivity index (χ4v) is 2.46. The molecule has 1 fully saturated rings. The number of aromatic hydroxyl groups is 1. The normalized spacial score (nSPS) is 22.2. The predicted octanol–water partition coefficient (Wildman–Crippen LogP) is 2.03. The molecule has 0 heterocycles. The van der Waals surface area contributed by atoms with Crippen LogP contribution in [0.3, 0.4) is 0 Å². The molecule has 19 heavy (non-hydrogen) atoms. The highest BCUT2D eigenvalue weighted by Crippen LogP contribution is 2.27. The van der Waals surface area contributed by atoms with Gasteiger partial charge in [0.05, 0.1) is 11.5 Å². The topological polar surface area (TPSA) is 86.6 Å². The molecule has 1 aliphatic carbocycles.